The van der Waals surface area contributed by atoms with Crippen molar-refractivity contribution in [2.45, 2.75) is 25.4 Å². The van der Waals surface area contributed by atoms with Crippen LogP contribution in [0.1, 0.15) is 23.6 Å². The minimum atomic E-state index is -0.125. The maximum Gasteiger partial charge on any atom is 0.224 e. The van der Waals surface area contributed by atoms with Crippen LogP contribution in [0.25, 0.3) is 0 Å². The molecule has 0 saturated carbocycles. The number of hydrogen-bond acceptors (Lipinski definition) is 3. The molecule has 2 rings (SSSR count). The van der Waals surface area contributed by atoms with Crippen LogP contribution in [-0.2, 0) is 4.79 Å². The minimum absolute atomic E-state index is 0.0212. The molecule has 1 saturated heterocycles. The van der Waals surface area contributed by atoms with E-state index in [1.807, 2.05) is 25.1 Å². The molecule has 92 valence electrons. The lowest BCUT2D eigenvalue weighted by Crippen LogP contribution is -2.30. The summed E-state index contributed by atoms with van der Waals surface area (Å²) < 4.78 is 5.23. The molecule has 0 radical (unpaired) electrons. The quantitative estimate of drug-likeness (QED) is 0.837. The summed E-state index contributed by atoms with van der Waals surface area (Å²) in [4.78, 5) is 13.3. The second-order valence-corrected chi connectivity index (χ2v) is 4.55. The Hall–Kier alpha value is -1.55. The molecule has 0 spiro atoms. The van der Waals surface area contributed by atoms with Crippen molar-refractivity contribution in [3.63, 3.8) is 0 Å². The molecule has 1 aromatic carbocycles. The maximum absolute atomic E-state index is 11.6. The zero-order valence-electron chi connectivity index (χ0n) is 10.4. The number of likely N-dealkylation sites (tertiary alicyclic amines) is 1. The van der Waals surface area contributed by atoms with E-state index in [1.54, 1.807) is 19.1 Å². The van der Waals surface area contributed by atoms with Gasteiger partial charge in [-0.05, 0) is 24.1 Å². The third-order valence-electron chi connectivity index (χ3n) is 3.39. The van der Waals surface area contributed by atoms with Gasteiger partial charge >= 0.3 is 0 Å². The standard InChI is InChI=1S/C13H18N2O2/c1-8-6-9(4-5-11(8)17-3)13-10(14)7-12(16)15(13)2/h4-6,10,13H,7,14H2,1-3H3. The molecule has 1 aromatic rings. The van der Waals surface area contributed by atoms with Gasteiger partial charge in [0.1, 0.15) is 5.75 Å². The average Bonchev–Trinajstić information content (AvgIpc) is 2.53. The molecule has 2 unspecified atom stereocenters. The van der Waals surface area contributed by atoms with E-state index in [0.717, 1.165) is 16.9 Å². The summed E-state index contributed by atoms with van der Waals surface area (Å²) in [6.45, 7) is 1.99. The molecule has 0 aromatic heterocycles. The fraction of sp³-hybridized carbons (Fsp3) is 0.462. The second-order valence-electron chi connectivity index (χ2n) is 4.55. The van der Waals surface area contributed by atoms with Crippen LogP contribution in [0.3, 0.4) is 0 Å². The molecule has 4 heteroatoms. The van der Waals surface area contributed by atoms with Gasteiger partial charge in [0.15, 0.2) is 0 Å². The molecule has 2 N–H and O–H groups in total. The Morgan fingerprint density at radius 1 is 1.47 bits per heavy atom. The fourth-order valence-electron chi connectivity index (χ4n) is 2.46. The lowest BCUT2D eigenvalue weighted by Gasteiger charge is -2.24. The predicted octanol–water partition coefficient (Wildman–Crippen LogP) is 1.23. The van der Waals surface area contributed by atoms with Crippen LogP contribution in [0.4, 0.5) is 0 Å². The molecule has 0 aliphatic carbocycles. The zero-order valence-corrected chi connectivity index (χ0v) is 10.4. The van der Waals surface area contributed by atoms with Crippen LogP contribution in [0.5, 0.6) is 5.75 Å². The molecule has 2 atom stereocenters. The Morgan fingerprint density at radius 3 is 2.65 bits per heavy atom. The maximum atomic E-state index is 11.6. The Labute approximate surface area is 101 Å². The largest absolute Gasteiger partial charge is 0.496 e. The number of benzene rings is 1. The Balaban J connectivity index is 2.34. The molecular weight excluding hydrogens is 216 g/mol. The van der Waals surface area contributed by atoms with E-state index >= 15 is 0 Å². The molecular formula is C13H18N2O2. The third kappa shape index (κ3) is 2.00. The van der Waals surface area contributed by atoms with Crippen molar-refractivity contribution >= 4 is 5.91 Å². The summed E-state index contributed by atoms with van der Waals surface area (Å²) in [5.41, 5.74) is 8.15. The molecule has 1 fully saturated rings. The first kappa shape index (κ1) is 11.9. The smallest absolute Gasteiger partial charge is 0.224 e. The van der Waals surface area contributed by atoms with E-state index in [-0.39, 0.29) is 18.0 Å². The van der Waals surface area contributed by atoms with Crippen molar-refractivity contribution in [3.05, 3.63) is 29.3 Å². The fourth-order valence-corrected chi connectivity index (χ4v) is 2.46. The molecule has 4 nitrogen and oxygen atoms in total. The van der Waals surface area contributed by atoms with Crippen LogP contribution >= 0.6 is 0 Å². The zero-order chi connectivity index (χ0) is 12.6. The lowest BCUT2D eigenvalue weighted by atomic mass is 9.99. The number of methoxy groups -OCH3 is 1. The van der Waals surface area contributed by atoms with Crippen molar-refractivity contribution in [2.24, 2.45) is 5.73 Å². The first-order valence-corrected chi connectivity index (χ1v) is 5.70. The number of likely N-dealkylation sites (N-methyl/N-ethyl adjacent to an activating group) is 1. The average molecular weight is 234 g/mol. The van der Waals surface area contributed by atoms with Gasteiger partial charge < -0.3 is 15.4 Å². The van der Waals surface area contributed by atoms with Gasteiger partial charge in [0.05, 0.1) is 13.2 Å². The summed E-state index contributed by atoms with van der Waals surface area (Å²) in [5, 5.41) is 0. The number of nitrogens with two attached hydrogens (primary N) is 1. The van der Waals surface area contributed by atoms with Gasteiger partial charge in [0, 0.05) is 19.5 Å². The summed E-state index contributed by atoms with van der Waals surface area (Å²) >= 11 is 0. The molecule has 1 aliphatic rings. The molecule has 0 bridgehead atoms. The molecule has 1 amide bonds. The van der Waals surface area contributed by atoms with Crippen LogP contribution in [0.2, 0.25) is 0 Å². The molecule has 1 aliphatic heterocycles. The highest BCUT2D eigenvalue weighted by Gasteiger charge is 2.36. The van der Waals surface area contributed by atoms with Crippen molar-refractivity contribution in [2.75, 3.05) is 14.2 Å². The summed E-state index contributed by atoms with van der Waals surface area (Å²) in [6, 6.07) is 5.80. The first-order chi connectivity index (χ1) is 8.04. The summed E-state index contributed by atoms with van der Waals surface area (Å²) in [6.07, 6.45) is 0.423. The minimum Gasteiger partial charge on any atom is -0.496 e. The van der Waals surface area contributed by atoms with Crippen molar-refractivity contribution in [1.82, 2.24) is 4.90 Å². The Morgan fingerprint density at radius 2 is 2.18 bits per heavy atom. The van der Waals surface area contributed by atoms with Crippen LogP contribution < -0.4 is 10.5 Å². The number of nitrogens with zero attached hydrogens (tertiary/aromatic N) is 1. The number of amides is 1. The molecule has 17 heavy (non-hydrogen) atoms. The summed E-state index contributed by atoms with van der Waals surface area (Å²) in [5.74, 6) is 0.963. The second kappa shape index (κ2) is 4.37. The predicted molar refractivity (Wildman–Crippen MR) is 65.8 cm³/mol. The van der Waals surface area contributed by atoms with Crippen molar-refractivity contribution in [3.8, 4) is 5.75 Å². The van der Waals surface area contributed by atoms with Crippen molar-refractivity contribution in [1.29, 1.82) is 0 Å². The Bertz CT molecular complexity index is 445. The van der Waals surface area contributed by atoms with E-state index in [1.165, 1.54) is 0 Å². The highest BCUT2D eigenvalue weighted by Crippen LogP contribution is 2.32. The number of hydrogen-bond donors (Lipinski definition) is 1. The highest BCUT2D eigenvalue weighted by molar-refractivity contribution is 5.80. The van der Waals surface area contributed by atoms with E-state index in [0.29, 0.717) is 6.42 Å². The third-order valence-corrected chi connectivity index (χ3v) is 3.39. The lowest BCUT2D eigenvalue weighted by molar-refractivity contribution is -0.127. The number of rotatable bonds is 2. The topological polar surface area (TPSA) is 55.6 Å². The van der Waals surface area contributed by atoms with Gasteiger partial charge in [-0.1, -0.05) is 12.1 Å². The van der Waals surface area contributed by atoms with Crippen LogP contribution in [-0.4, -0.2) is 31.0 Å². The van der Waals surface area contributed by atoms with Crippen molar-refractivity contribution < 1.29 is 9.53 Å². The number of aryl methyl sites for hydroxylation is 1. The van der Waals surface area contributed by atoms with E-state index < -0.39 is 0 Å². The number of ether oxygens (including phenoxy) is 1. The van der Waals surface area contributed by atoms with Gasteiger partial charge in [-0.15, -0.1) is 0 Å². The SMILES string of the molecule is COc1ccc(C2C(N)CC(=O)N2C)cc1C. The van der Waals surface area contributed by atoms with E-state index in [4.69, 9.17) is 10.5 Å². The van der Waals surface area contributed by atoms with Gasteiger partial charge in [-0.2, -0.15) is 0 Å². The van der Waals surface area contributed by atoms with Crippen LogP contribution in [0.15, 0.2) is 18.2 Å². The van der Waals surface area contributed by atoms with Gasteiger partial charge in [-0.3, -0.25) is 4.79 Å². The van der Waals surface area contributed by atoms with Crippen LogP contribution in [0, 0.1) is 6.92 Å². The van der Waals surface area contributed by atoms with E-state index in [2.05, 4.69) is 0 Å². The monoisotopic (exact) mass is 234 g/mol. The molecule has 1 heterocycles. The Kier molecular flexibility index (Phi) is 3.07. The highest BCUT2D eigenvalue weighted by atomic mass is 16.5. The number of carbonyl (C=O) groups excluding carboxylic acids is 1. The van der Waals surface area contributed by atoms with Gasteiger partial charge in [0.25, 0.3) is 0 Å². The summed E-state index contributed by atoms with van der Waals surface area (Å²) in [7, 11) is 3.46. The first-order valence-electron chi connectivity index (χ1n) is 5.70. The van der Waals surface area contributed by atoms with Gasteiger partial charge in [-0.25, -0.2) is 0 Å². The number of carbonyl (C=O) groups is 1. The normalized spacial score (nSPS) is 24.2. The van der Waals surface area contributed by atoms with E-state index in [9.17, 15) is 4.79 Å². The van der Waals surface area contributed by atoms with Gasteiger partial charge in [0.2, 0.25) is 5.91 Å².